The van der Waals surface area contributed by atoms with Crippen LogP contribution in [0.25, 0.3) is 11.4 Å². The molecule has 0 saturated carbocycles. The van der Waals surface area contributed by atoms with Gasteiger partial charge in [-0.2, -0.15) is 4.98 Å². The molecule has 0 radical (unpaired) electrons. The van der Waals surface area contributed by atoms with Gasteiger partial charge in [-0.3, -0.25) is 4.79 Å². The number of halogens is 1. The van der Waals surface area contributed by atoms with Gasteiger partial charge in [-0.25, -0.2) is 4.98 Å². The Balaban J connectivity index is 1.18. The summed E-state index contributed by atoms with van der Waals surface area (Å²) in [6.45, 7) is 4.91. The normalized spacial score (nSPS) is 16.2. The number of hydrogen-bond acceptors (Lipinski definition) is 7. The van der Waals surface area contributed by atoms with Crippen molar-refractivity contribution < 1.29 is 14.1 Å². The van der Waals surface area contributed by atoms with Gasteiger partial charge in [0.25, 0.3) is 0 Å². The summed E-state index contributed by atoms with van der Waals surface area (Å²) >= 11 is 5.90. The monoisotopic (exact) mass is 455 g/mol. The molecule has 2 aromatic heterocycles. The van der Waals surface area contributed by atoms with E-state index in [1.54, 1.807) is 12.1 Å². The smallest absolute Gasteiger partial charge is 0.226 e. The van der Waals surface area contributed by atoms with E-state index >= 15 is 0 Å². The minimum absolute atomic E-state index is 0.0199. The highest BCUT2D eigenvalue weighted by Crippen LogP contribution is 2.19. The first-order valence-corrected chi connectivity index (χ1v) is 11.1. The Morgan fingerprint density at radius 2 is 2.09 bits per heavy atom. The zero-order valence-electron chi connectivity index (χ0n) is 18.0. The number of rotatable bonds is 8. The maximum atomic E-state index is 12.2. The van der Waals surface area contributed by atoms with Crippen molar-refractivity contribution in [2.45, 2.75) is 38.8 Å². The number of hydrogen-bond donors (Lipinski definition) is 1. The number of pyridine rings is 1. The number of carbonyl (C=O) groups excluding carboxylic acids is 1. The molecular formula is C23H26ClN5O3. The van der Waals surface area contributed by atoms with Crippen molar-refractivity contribution in [1.29, 1.82) is 0 Å². The molecule has 9 heteroatoms. The van der Waals surface area contributed by atoms with Crippen LogP contribution in [-0.2, 0) is 22.5 Å². The summed E-state index contributed by atoms with van der Waals surface area (Å²) in [6, 6.07) is 11.2. The first-order valence-electron chi connectivity index (χ1n) is 10.7. The number of ether oxygens (including phenoxy) is 1. The second-order valence-electron chi connectivity index (χ2n) is 7.80. The molecule has 1 saturated heterocycles. The first-order chi connectivity index (χ1) is 15.6. The zero-order valence-corrected chi connectivity index (χ0v) is 18.7. The number of carbonyl (C=O) groups is 1. The molecule has 1 aliphatic rings. The number of aromatic nitrogens is 3. The van der Waals surface area contributed by atoms with Crippen LogP contribution in [0.3, 0.4) is 0 Å². The molecule has 32 heavy (non-hydrogen) atoms. The number of nitrogens with one attached hydrogen (secondary N) is 1. The van der Waals surface area contributed by atoms with Crippen LogP contribution in [0.15, 0.2) is 47.1 Å². The third kappa shape index (κ3) is 6.05. The van der Waals surface area contributed by atoms with E-state index in [-0.39, 0.29) is 12.0 Å². The largest absolute Gasteiger partial charge is 0.375 e. The third-order valence-electron chi connectivity index (χ3n) is 5.23. The number of benzene rings is 1. The van der Waals surface area contributed by atoms with Crippen molar-refractivity contribution in [3.05, 3.63) is 59.1 Å². The number of aryl methyl sites for hydroxylation is 1. The van der Waals surface area contributed by atoms with Gasteiger partial charge in [0.05, 0.1) is 12.7 Å². The molecule has 1 aromatic carbocycles. The number of amides is 1. The number of anilines is 1. The van der Waals surface area contributed by atoms with E-state index in [0.717, 1.165) is 30.0 Å². The van der Waals surface area contributed by atoms with Crippen molar-refractivity contribution in [3.8, 4) is 11.4 Å². The molecule has 1 unspecified atom stereocenters. The van der Waals surface area contributed by atoms with Gasteiger partial charge in [0.2, 0.25) is 17.6 Å². The first kappa shape index (κ1) is 22.2. The van der Waals surface area contributed by atoms with E-state index in [4.69, 9.17) is 20.9 Å². The van der Waals surface area contributed by atoms with Crippen LogP contribution in [0.4, 0.5) is 5.82 Å². The highest BCUT2D eigenvalue weighted by atomic mass is 35.5. The lowest BCUT2D eigenvalue weighted by Gasteiger charge is -2.32. The van der Waals surface area contributed by atoms with Crippen LogP contribution in [0, 0.1) is 0 Å². The van der Waals surface area contributed by atoms with Crippen molar-refractivity contribution in [2.75, 3.05) is 24.6 Å². The summed E-state index contributed by atoms with van der Waals surface area (Å²) in [5.41, 5.74) is 1.80. The van der Waals surface area contributed by atoms with E-state index in [9.17, 15) is 4.79 Å². The predicted molar refractivity (Wildman–Crippen MR) is 121 cm³/mol. The van der Waals surface area contributed by atoms with E-state index in [1.807, 2.05) is 30.5 Å². The maximum Gasteiger partial charge on any atom is 0.226 e. The molecule has 4 rings (SSSR count). The molecule has 3 aromatic rings. The van der Waals surface area contributed by atoms with Crippen molar-refractivity contribution in [2.24, 2.45) is 0 Å². The maximum absolute atomic E-state index is 12.2. The average Bonchev–Trinajstić information content (AvgIpc) is 3.27. The highest BCUT2D eigenvalue weighted by Gasteiger charge is 2.17. The van der Waals surface area contributed by atoms with Gasteiger partial charge in [-0.1, -0.05) is 22.8 Å². The van der Waals surface area contributed by atoms with Crippen molar-refractivity contribution >= 4 is 23.3 Å². The molecule has 1 amide bonds. The van der Waals surface area contributed by atoms with Crippen molar-refractivity contribution in [3.63, 3.8) is 0 Å². The zero-order chi connectivity index (χ0) is 22.3. The van der Waals surface area contributed by atoms with Gasteiger partial charge in [0.15, 0.2) is 0 Å². The second-order valence-corrected chi connectivity index (χ2v) is 8.24. The number of nitrogens with zero attached hydrogens (tertiary/aromatic N) is 4. The molecule has 0 aliphatic carbocycles. The summed E-state index contributed by atoms with van der Waals surface area (Å²) in [5.74, 6) is 1.95. The van der Waals surface area contributed by atoms with E-state index < -0.39 is 0 Å². The molecule has 8 nitrogen and oxygen atoms in total. The Morgan fingerprint density at radius 1 is 1.25 bits per heavy atom. The molecule has 1 atom stereocenters. The van der Waals surface area contributed by atoms with Gasteiger partial charge in [0, 0.05) is 49.3 Å². The average molecular weight is 456 g/mol. The Hall–Kier alpha value is -2.97. The predicted octanol–water partition coefficient (Wildman–Crippen LogP) is 3.65. The van der Waals surface area contributed by atoms with E-state index in [2.05, 4.69) is 32.3 Å². The minimum atomic E-state index is -0.0199. The minimum Gasteiger partial charge on any atom is -0.375 e. The van der Waals surface area contributed by atoms with Crippen LogP contribution in [-0.4, -0.2) is 46.8 Å². The van der Waals surface area contributed by atoms with E-state index in [1.165, 1.54) is 0 Å². The molecule has 1 N–H and O–H groups in total. The lowest BCUT2D eigenvalue weighted by Crippen LogP contribution is -2.41. The molecular weight excluding hydrogens is 430 g/mol. The molecule has 3 heterocycles. The van der Waals surface area contributed by atoms with Gasteiger partial charge >= 0.3 is 0 Å². The standard InChI is InChI=1S/C23H26ClN5O3/c1-16-15-29(11-12-31-16)20-10-5-17(13-25-20)14-26-21(30)3-2-4-22-27-23(28-32-22)18-6-8-19(24)9-7-18/h5-10,13,16H,2-4,11-12,14-15H2,1H3,(H,26,30). The quantitative estimate of drug-likeness (QED) is 0.554. The SMILES string of the molecule is CC1CN(c2ccc(CNC(=O)CCCc3nc(-c4ccc(Cl)cc4)no3)cn2)CCO1. The molecule has 168 valence electrons. The highest BCUT2D eigenvalue weighted by molar-refractivity contribution is 6.30. The Kier molecular flexibility index (Phi) is 7.34. The Morgan fingerprint density at radius 3 is 2.84 bits per heavy atom. The van der Waals surface area contributed by atoms with Crippen LogP contribution in [0.5, 0.6) is 0 Å². The summed E-state index contributed by atoms with van der Waals surface area (Å²) in [5, 5.41) is 7.58. The van der Waals surface area contributed by atoms with Crippen molar-refractivity contribution in [1.82, 2.24) is 20.4 Å². The van der Waals surface area contributed by atoms with Crippen LogP contribution in [0.1, 0.15) is 31.2 Å². The molecule has 0 spiro atoms. The topological polar surface area (TPSA) is 93.4 Å². The fourth-order valence-corrected chi connectivity index (χ4v) is 3.62. The van der Waals surface area contributed by atoms with Gasteiger partial charge in [-0.15, -0.1) is 0 Å². The fourth-order valence-electron chi connectivity index (χ4n) is 3.50. The Labute approximate surface area is 191 Å². The molecule has 1 aliphatic heterocycles. The van der Waals surface area contributed by atoms with Gasteiger partial charge < -0.3 is 19.5 Å². The summed E-state index contributed by atoms with van der Waals surface area (Å²) < 4.78 is 10.9. The van der Waals surface area contributed by atoms with Crippen LogP contribution in [0.2, 0.25) is 5.02 Å². The molecule has 1 fully saturated rings. The van der Waals surface area contributed by atoms with E-state index in [0.29, 0.717) is 49.2 Å². The van der Waals surface area contributed by atoms with Gasteiger partial charge in [0.1, 0.15) is 5.82 Å². The van der Waals surface area contributed by atoms with Crippen LogP contribution < -0.4 is 10.2 Å². The third-order valence-corrected chi connectivity index (χ3v) is 5.48. The lowest BCUT2D eigenvalue weighted by molar-refractivity contribution is -0.121. The summed E-state index contributed by atoms with van der Waals surface area (Å²) in [4.78, 5) is 23.3. The summed E-state index contributed by atoms with van der Waals surface area (Å²) in [7, 11) is 0. The summed E-state index contributed by atoms with van der Waals surface area (Å²) in [6.07, 6.45) is 3.58. The second kappa shape index (κ2) is 10.6. The Bertz CT molecular complexity index is 1020. The van der Waals surface area contributed by atoms with Gasteiger partial charge in [-0.05, 0) is 49.2 Å². The lowest BCUT2D eigenvalue weighted by atomic mass is 10.2. The van der Waals surface area contributed by atoms with Crippen LogP contribution >= 0.6 is 11.6 Å². The molecule has 0 bridgehead atoms. The number of morpholine rings is 1. The fraction of sp³-hybridized carbons (Fsp3) is 0.391.